The molecule has 124 valence electrons. The van der Waals surface area contributed by atoms with Crippen LogP contribution >= 0.6 is 22.9 Å². The zero-order valence-electron chi connectivity index (χ0n) is 11.6. The summed E-state index contributed by atoms with van der Waals surface area (Å²) in [5, 5.41) is 2.89. The van der Waals surface area contributed by atoms with E-state index in [0.29, 0.717) is 11.1 Å². The number of rotatable bonds is 2. The fraction of sp³-hybridized carbons (Fsp3) is 0.0667. The van der Waals surface area contributed by atoms with Crippen LogP contribution in [0.25, 0.3) is 10.2 Å². The van der Waals surface area contributed by atoms with Crippen molar-refractivity contribution in [3.05, 3.63) is 58.4 Å². The number of carbonyl (C=O) groups excluding carboxylic acids is 1. The molecule has 0 unspecified atom stereocenters. The van der Waals surface area contributed by atoms with E-state index >= 15 is 0 Å². The highest BCUT2D eigenvalue weighted by molar-refractivity contribution is 7.22. The van der Waals surface area contributed by atoms with Crippen molar-refractivity contribution in [3.63, 3.8) is 0 Å². The zero-order chi connectivity index (χ0) is 17.5. The summed E-state index contributed by atoms with van der Waals surface area (Å²) < 4.78 is 51.9. The van der Waals surface area contributed by atoms with Gasteiger partial charge in [0, 0.05) is 10.6 Å². The maximum absolute atomic E-state index is 13.6. The lowest BCUT2D eigenvalue weighted by Crippen LogP contribution is -2.11. The number of hydrogen-bond donors (Lipinski definition) is 1. The quantitative estimate of drug-likeness (QED) is 0.613. The van der Waals surface area contributed by atoms with Crippen LogP contribution in [0.1, 0.15) is 15.9 Å². The Hall–Kier alpha value is -2.19. The third-order valence-corrected chi connectivity index (χ3v) is 4.26. The first kappa shape index (κ1) is 16.7. The molecule has 3 aromatic rings. The highest BCUT2D eigenvalue weighted by Crippen LogP contribution is 2.36. The van der Waals surface area contributed by atoms with Gasteiger partial charge in [-0.25, -0.2) is 9.37 Å². The molecule has 0 aliphatic carbocycles. The monoisotopic (exact) mass is 374 g/mol. The van der Waals surface area contributed by atoms with Crippen molar-refractivity contribution in [1.82, 2.24) is 4.98 Å². The van der Waals surface area contributed by atoms with E-state index in [9.17, 15) is 22.4 Å². The number of carbonyl (C=O) groups is 1. The van der Waals surface area contributed by atoms with Gasteiger partial charge in [0.25, 0.3) is 5.91 Å². The summed E-state index contributed by atoms with van der Waals surface area (Å²) in [4.78, 5) is 16.0. The predicted octanol–water partition coefficient (Wildman–Crippen LogP) is 5.36. The summed E-state index contributed by atoms with van der Waals surface area (Å²) in [5.41, 5.74) is -1.17. The number of amides is 1. The van der Waals surface area contributed by atoms with Gasteiger partial charge < -0.3 is 0 Å². The molecule has 9 heteroatoms. The summed E-state index contributed by atoms with van der Waals surface area (Å²) in [6.07, 6.45) is -4.81. The van der Waals surface area contributed by atoms with E-state index < -0.39 is 23.5 Å². The zero-order valence-corrected chi connectivity index (χ0v) is 13.2. The van der Waals surface area contributed by atoms with Crippen molar-refractivity contribution >= 4 is 44.2 Å². The number of anilines is 1. The fourth-order valence-electron chi connectivity index (χ4n) is 2.02. The molecule has 0 atom stereocenters. The molecule has 0 fully saturated rings. The number of nitrogens with one attached hydrogen (secondary N) is 1. The Labute approximate surface area is 141 Å². The molecule has 1 amide bonds. The molecule has 24 heavy (non-hydrogen) atoms. The molecule has 0 saturated carbocycles. The number of aromatic nitrogens is 1. The summed E-state index contributed by atoms with van der Waals surface area (Å²) in [6, 6.07) is 7.51. The van der Waals surface area contributed by atoms with Crippen LogP contribution in [0.2, 0.25) is 5.02 Å². The van der Waals surface area contributed by atoms with Crippen molar-refractivity contribution in [2.45, 2.75) is 6.18 Å². The Kier molecular flexibility index (Phi) is 4.18. The summed E-state index contributed by atoms with van der Waals surface area (Å²) >= 11 is 6.67. The number of benzene rings is 2. The molecule has 3 rings (SSSR count). The third kappa shape index (κ3) is 3.34. The van der Waals surface area contributed by atoms with E-state index in [4.69, 9.17) is 11.6 Å². The minimum absolute atomic E-state index is 0.0462. The molecule has 0 spiro atoms. The summed E-state index contributed by atoms with van der Waals surface area (Å²) in [7, 11) is 0. The van der Waals surface area contributed by atoms with Gasteiger partial charge in [0.1, 0.15) is 5.82 Å². The molecule has 0 saturated heterocycles. The van der Waals surface area contributed by atoms with Crippen LogP contribution < -0.4 is 5.32 Å². The molecule has 1 heterocycles. The Balaban J connectivity index is 1.92. The Morgan fingerprint density at radius 3 is 2.62 bits per heavy atom. The van der Waals surface area contributed by atoms with E-state index in [1.54, 1.807) is 12.1 Å². The Morgan fingerprint density at radius 1 is 1.21 bits per heavy atom. The van der Waals surface area contributed by atoms with Gasteiger partial charge in [0.15, 0.2) is 5.13 Å². The maximum atomic E-state index is 13.6. The number of nitrogens with zero attached hydrogens (tertiary/aromatic N) is 1. The highest BCUT2D eigenvalue weighted by atomic mass is 35.5. The second-order valence-corrected chi connectivity index (χ2v) is 6.25. The molecule has 1 aromatic heterocycles. The molecule has 2 aromatic carbocycles. The second-order valence-electron chi connectivity index (χ2n) is 4.78. The molecule has 1 N–H and O–H groups in total. The molecule has 3 nitrogen and oxygen atoms in total. The third-order valence-electron chi connectivity index (χ3n) is 3.09. The lowest BCUT2D eigenvalue weighted by atomic mass is 10.2. The van der Waals surface area contributed by atoms with Crippen molar-refractivity contribution in [2.24, 2.45) is 0 Å². The molecule has 0 aliphatic heterocycles. The Bertz CT molecular complexity index is 939. The van der Waals surface area contributed by atoms with Crippen LogP contribution in [0.3, 0.4) is 0 Å². The van der Waals surface area contributed by atoms with Gasteiger partial charge in [0.2, 0.25) is 0 Å². The van der Waals surface area contributed by atoms with E-state index in [1.165, 1.54) is 12.1 Å². The fourth-order valence-corrected chi connectivity index (χ4v) is 3.08. The van der Waals surface area contributed by atoms with Crippen molar-refractivity contribution in [3.8, 4) is 0 Å². The number of hydrogen-bond acceptors (Lipinski definition) is 3. The minimum Gasteiger partial charge on any atom is -0.298 e. The first-order chi connectivity index (χ1) is 11.2. The summed E-state index contributed by atoms with van der Waals surface area (Å²) in [6.45, 7) is 0. The van der Waals surface area contributed by atoms with Crippen LogP contribution in [0, 0.1) is 5.82 Å². The normalized spacial score (nSPS) is 11.7. The standard InChI is InChI=1S/C15H7ClF4N2OS/c16-8-3-1-2-7(4-8)13(23)22-14-21-11-5-9(15(18,19)20)10(17)6-12(11)24-14/h1-6H,(H,21,22,23). The van der Waals surface area contributed by atoms with Crippen molar-refractivity contribution < 1.29 is 22.4 Å². The van der Waals surface area contributed by atoms with Gasteiger partial charge in [-0.3, -0.25) is 10.1 Å². The Morgan fingerprint density at radius 2 is 1.96 bits per heavy atom. The minimum atomic E-state index is -4.81. The second kappa shape index (κ2) is 6.03. The van der Waals surface area contributed by atoms with Crippen molar-refractivity contribution in [2.75, 3.05) is 5.32 Å². The average molecular weight is 375 g/mol. The SMILES string of the molecule is O=C(Nc1nc2cc(C(F)(F)F)c(F)cc2s1)c1cccc(Cl)c1. The number of fused-ring (bicyclic) bond motifs is 1. The van der Waals surface area contributed by atoms with Crippen LogP contribution in [-0.2, 0) is 6.18 Å². The van der Waals surface area contributed by atoms with Gasteiger partial charge in [-0.15, -0.1) is 0 Å². The highest BCUT2D eigenvalue weighted by Gasteiger charge is 2.34. The average Bonchev–Trinajstić information content (AvgIpc) is 2.86. The van der Waals surface area contributed by atoms with Gasteiger partial charge in [-0.2, -0.15) is 13.2 Å². The molecular weight excluding hydrogens is 368 g/mol. The van der Waals surface area contributed by atoms with Crippen molar-refractivity contribution in [1.29, 1.82) is 0 Å². The van der Waals surface area contributed by atoms with Gasteiger partial charge in [0.05, 0.1) is 15.8 Å². The topological polar surface area (TPSA) is 42.0 Å². The molecule has 0 radical (unpaired) electrons. The lowest BCUT2D eigenvalue weighted by Gasteiger charge is -2.06. The number of thiazole rings is 1. The van der Waals surface area contributed by atoms with Crippen LogP contribution in [0.4, 0.5) is 22.7 Å². The predicted molar refractivity (Wildman–Crippen MR) is 84.0 cm³/mol. The largest absolute Gasteiger partial charge is 0.419 e. The summed E-state index contributed by atoms with van der Waals surface area (Å²) in [5.74, 6) is -1.90. The van der Waals surface area contributed by atoms with Crippen LogP contribution in [-0.4, -0.2) is 10.9 Å². The lowest BCUT2D eigenvalue weighted by molar-refractivity contribution is -0.139. The van der Waals surface area contributed by atoms with Gasteiger partial charge >= 0.3 is 6.18 Å². The van der Waals surface area contributed by atoms with Crippen LogP contribution in [0.15, 0.2) is 36.4 Å². The van der Waals surface area contributed by atoms with Crippen LogP contribution in [0.5, 0.6) is 0 Å². The first-order valence-corrected chi connectivity index (χ1v) is 7.68. The van der Waals surface area contributed by atoms with E-state index in [0.717, 1.165) is 17.4 Å². The van der Waals surface area contributed by atoms with E-state index in [-0.39, 0.29) is 20.9 Å². The number of alkyl halides is 3. The van der Waals surface area contributed by atoms with Gasteiger partial charge in [-0.05, 0) is 30.3 Å². The smallest absolute Gasteiger partial charge is 0.298 e. The molecule has 0 aliphatic rings. The molecule has 0 bridgehead atoms. The van der Waals surface area contributed by atoms with Gasteiger partial charge in [-0.1, -0.05) is 29.0 Å². The van der Waals surface area contributed by atoms with E-state index in [1.807, 2.05) is 0 Å². The maximum Gasteiger partial charge on any atom is 0.419 e. The van der Waals surface area contributed by atoms with E-state index in [2.05, 4.69) is 10.3 Å². The number of halogens is 5. The first-order valence-electron chi connectivity index (χ1n) is 6.48. The molecular formula is C15H7ClF4N2OS.